The van der Waals surface area contributed by atoms with Gasteiger partial charge in [-0.25, -0.2) is 9.97 Å². The van der Waals surface area contributed by atoms with Gasteiger partial charge in [-0.05, 0) is 48.6 Å². The van der Waals surface area contributed by atoms with E-state index in [9.17, 15) is 0 Å². The van der Waals surface area contributed by atoms with Crippen molar-refractivity contribution in [3.05, 3.63) is 39.9 Å². The van der Waals surface area contributed by atoms with Crippen LogP contribution in [0.15, 0.2) is 23.6 Å². The van der Waals surface area contributed by atoms with Gasteiger partial charge in [-0.15, -0.1) is 11.3 Å². The van der Waals surface area contributed by atoms with Crippen LogP contribution in [0.4, 0.5) is 0 Å². The molecule has 0 radical (unpaired) electrons. The summed E-state index contributed by atoms with van der Waals surface area (Å²) in [5, 5.41) is 3.31. The van der Waals surface area contributed by atoms with E-state index < -0.39 is 0 Å². The molecule has 0 bridgehead atoms. The van der Waals surface area contributed by atoms with Gasteiger partial charge in [0.2, 0.25) is 0 Å². The number of halogens is 1. The van der Waals surface area contributed by atoms with Crippen LogP contribution in [0.5, 0.6) is 5.75 Å². The molecule has 3 nitrogen and oxygen atoms in total. The van der Waals surface area contributed by atoms with Crippen molar-refractivity contribution in [2.24, 2.45) is 0 Å². The SMILES string of the molecule is COc1cc(C)c2nc(-c3sccc3C)nc(Cl)c2c1. The number of nitrogens with zero attached hydrogens (tertiary/aromatic N) is 2. The van der Waals surface area contributed by atoms with Crippen molar-refractivity contribution < 1.29 is 4.74 Å². The first-order valence-electron chi connectivity index (χ1n) is 6.16. The van der Waals surface area contributed by atoms with Crippen LogP contribution >= 0.6 is 22.9 Å². The Morgan fingerprint density at radius 3 is 2.60 bits per heavy atom. The van der Waals surface area contributed by atoms with E-state index in [1.54, 1.807) is 18.4 Å². The maximum absolute atomic E-state index is 6.33. The molecule has 0 spiro atoms. The minimum absolute atomic E-state index is 0.458. The predicted molar refractivity (Wildman–Crippen MR) is 83.9 cm³/mol. The first-order valence-corrected chi connectivity index (χ1v) is 7.42. The van der Waals surface area contributed by atoms with E-state index in [4.69, 9.17) is 16.3 Å². The molecular weight excluding hydrogens is 292 g/mol. The zero-order valence-electron chi connectivity index (χ0n) is 11.4. The summed E-state index contributed by atoms with van der Waals surface area (Å²) >= 11 is 7.96. The van der Waals surface area contributed by atoms with E-state index in [1.807, 2.05) is 31.4 Å². The van der Waals surface area contributed by atoms with Crippen LogP contribution in [0.3, 0.4) is 0 Å². The fourth-order valence-electron chi connectivity index (χ4n) is 2.16. The normalized spacial score (nSPS) is 11.0. The first-order chi connectivity index (χ1) is 9.60. The average Bonchev–Trinajstić information content (AvgIpc) is 2.85. The third-order valence-electron chi connectivity index (χ3n) is 3.22. The summed E-state index contributed by atoms with van der Waals surface area (Å²) in [4.78, 5) is 10.2. The molecule has 2 heterocycles. The van der Waals surface area contributed by atoms with Gasteiger partial charge in [0.15, 0.2) is 5.82 Å². The number of aryl methyl sites for hydroxylation is 2. The largest absolute Gasteiger partial charge is 0.497 e. The van der Waals surface area contributed by atoms with Gasteiger partial charge < -0.3 is 4.74 Å². The number of methoxy groups -OCH3 is 1. The molecular formula is C15H13ClN2OS. The summed E-state index contributed by atoms with van der Waals surface area (Å²) in [5.41, 5.74) is 3.06. The third kappa shape index (κ3) is 2.15. The summed E-state index contributed by atoms with van der Waals surface area (Å²) in [6, 6.07) is 5.88. The van der Waals surface area contributed by atoms with Gasteiger partial charge >= 0.3 is 0 Å². The Morgan fingerprint density at radius 2 is 1.95 bits per heavy atom. The molecule has 0 aliphatic heterocycles. The molecule has 0 aliphatic carbocycles. The highest BCUT2D eigenvalue weighted by Crippen LogP contribution is 2.33. The predicted octanol–water partition coefficient (Wildman–Crippen LogP) is 4.64. The molecule has 0 saturated heterocycles. The van der Waals surface area contributed by atoms with Crippen LogP contribution in [-0.2, 0) is 0 Å². The number of hydrogen-bond acceptors (Lipinski definition) is 4. The molecule has 0 aliphatic rings. The van der Waals surface area contributed by atoms with E-state index in [-0.39, 0.29) is 0 Å². The Morgan fingerprint density at radius 1 is 1.15 bits per heavy atom. The molecule has 0 atom stereocenters. The Kier molecular flexibility index (Phi) is 3.36. The lowest BCUT2D eigenvalue weighted by Gasteiger charge is -2.08. The Hall–Kier alpha value is -1.65. The second-order valence-corrected chi connectivity index (χ2v) is 5.89. The number of benzene rings is 1. The van der Waals surface area contributed by atoms with Crippen molar-refractivity contribution in [3.8, 4) is 16.5 Å². The van der Waals surface area contributed by atoms with Gasteiger partial charge in [0.25, 0.3) is 0 Å². The van der Waals surface area contributed by atoms with Crippen LogP contribution in [0, 0.1) is 13.8 Å². The first kappa shape index (κ1) is 13.3. The summed E-state index contributed by atoms with van der Waals surface area (Å²) in [6.45, 7) is 4.05. The molecule has 0 amide bonds. The van der Waals surface area contributed by atoms with E-state index in [0.717, 1.165) is 32.7 Å². The minimum Gasteiger partial charge on any atom is -0.497 e. The Bertz CT molecular complexity index is 798. The molecule has 0 N–H and O–H groups in total. The van der Waals surface area contributed by atoms with Crippen molar-refractivity contribution in [1.29, 1.82) is 0 Å². The van der Waals surface area contributed by atoms with Crippen LogP contribution in [0.25, 0.3) is 21.6 Å². The molecule has 0 fully saturated rings. The highest BCUT2D eigenvalue weighted by atomic mass is 35.5. The third-order valence-corrected chi connectivity index (χ3v) is 4.52. The minimum atomic E-state index is 0.458. The number of ether oxygens (including phenoxy) is 1. The molecule has 20 heavy (non-hydrogen) atoms. The zero-order chi connectivity index (χ0) is 14.3. The van der Waals surface area contributed by atoms with Gasteiger partial charge in [0.1, 0.15) is 10.9 Å². The Labute approximate surface area is 126 Å². The lowest BCUT2D eigenvalue weighted by Crippen LogP contribution is -1.94. The second-order valence-electron chi connectivity index (χ2n) is 4.61. The number of hydrogen-bond donors (Lipinski definition) is 0. The Balaban J connectivity index is 2.30. The number of aromatic nitrogens is 2. The molecule has 3 rings (SSSR count). The fourth-order valence-corrected chi connectivity index (χ4v) is 3.24. The smallest absolute Gasteiger partial charge is 0.171 e. The van der Waals surface area contributed by atoms with Crippen LogP contribution < -0.4 is 4.74 Å². The van der Waals surface area contributed by atoms with E-state index >= 15 is 0 Å². The van der Waals surface area contributed by atoms with Gasteiger partial charge in [-0.1, -0.05) is 11.6 Å². The lowest BCUT2D eigenvalue weighted by atomic mass is 10.1. The standard InChI is InChI=1S/C15H13ClN2OS/c1-8-4-5-20-13(8)15-17-12-9(2)6-10(19-3)7-11(12)14(16)18-15/h4-7H,1-3H3. The summed E-state index contributed by atoms with van der Waals surface area (Å²) in [6.07, 6.45) is 0. The summed E-state index contributed by atoms with van der Waals surface area (Å²) in [5.74, 6) is 1.45. The van der Waals surface area contributed by atoms with Crippen LogP contribution in [0.2, 0.25) is 5.15 Å². The van der Waals surface area contributed by atoms with Crippen LogP contribution in [-0.4, -0.2) is 17.1 Å². The van der Waals surface area contributed by atoms with E-state index in [1.165, 1.54) is 0 Å². The van der Waals surface area contributed by atoms with E-state index in [2.05, 4.69) is 16.0 Å². The molecule has 102 valence electrons. The average molecular weight is 305 g/mol. The van der Waals surface area contributed by atoms with Gasteiger partial charge in [-0.3, -0.25) is 0 Å². The molecule has 3 aromatic rings. The highest BCUT2D eigenvalue weighted by Gasteiger charge is 2.13. The molecule has 2 aromatic heterocycles. The summed E-state index contributed by atoms with van der Waals surface area (Å²) in [7, 11) is 1.64. The second kappa shape index (κ2) is 5.04. The summed E-state index contributed by atoms with van der Waals surface area (Å²) < 4.78 is 5.27. The quantitative estimate of drug-likeness (QED) is 0.647. The van der Waals surface area contributed by atoms with Crippen molar-refractivity contribution in [2.75, 3.05) is 7.11 Å². The van der Waals surface area contributed by atoms with Gasteiger partial charge in [0, 0.05) is 5.39 Å². The van der Waals surface area contributed by atoms with Gasteiger partial charge in [-0.2, -0.15) is 0 Å². The highest BCUT2D eigenvalue weighted by molar-refractivity contribution is 7.13. The lowest BCUT2D eigenvalue weighted by molar-refractivity contribution is 0.415. The number of thiophene rings is 1. The molecule has 0 saturated carbocycles. The van der Waals surface area contributed by atoms with E-state index in [0.29, 0.717) is 11.0 Å². The van der Waals surface area contributed by atoms with Crippen LogP contribution in [0.1, 0.15) is 11.1 Å². The topological polar surface area (TPSA) is 35.0 Å². The maximum Gasteiger partial charge on any atom is 0.171 e. The van der Waals surface area contributed by atoms with Gasteiger partial charge in [0.05, 0.1) is 17.5 Å². The van der Waals surface area contributed by atoms with Crippen molar-refractivity contribution in [3.63, 3.8) is 0 Å². The molecule has 1 aromatic carbocycles. The number of fused-ring (bicyclic) bond motifs is 1. The fraction of sp³-hybridized carbons (Fsp3) is 0.200. The molecule has 5 heteroatoms. The maximum atomic E-state index is 6.33. The van der Waals surface area contributed by atoms with Crippen molar-refractivity contribution in [2.45, 2.75) is 13.8 Å². The monoisotopic (exact) mass is 304 g/mol. The number of rotatable bonds is 2. The van der Waals surface area contributed by atoms with Crippen molar-refractivity contribution in [1.82, 2.24) is 9.97 Å². The molecule has 0 unspecified atom stereocenters. The van der Waals surface area contributed by atoms with Crippen molar-refractivity contribution >= 4 is 33.8 Å². The zero-order valence-corrected chi connectivity index (χ0v) is 13.0.